The standard InChI is InChI=1S/C16H13N3O3S/c20-13(11-5-2-1-3-6-11)9-14-15(21)18-16(23-14)19-17-10-12-7-4-8-22-12/h1-8,10,14H,9H2,(H,18,19,21)/b17-10-/t14-/m1/s1. The molecule has 2 aromatic rings. The lowest BCUT2D eigenvalue weighted by atomic mass is 10.1. The average molecular weight is 327 g/mol. The summed E-state index contributed by atoms with van der Waals surface area (Å²) in [5.41, 5.74) is 0.599. The summed E-state index contributed by atoms with van der Waals surface area (Å²) in [6, 6.07) is 12.4. The third kappa shape index (κ3) is 3.95. The monoisotopic (exact) mass is 327 g/mol. The van der Waals surface area contributed by atoms with Gasteiger partial charge in [0.1, 0.15) is 5.76 Å². The number of carbonyl (C=O) groups excluding carboxylic acids is 2. The van der Waals surface area contributed by atoms with E-state index in [2.05, 4.69) is 15.5 Å². The van der Waals surface area contributed by atoms with Crippen LogP contribution < -0.4 is 5.32 Å². The highest BCUT2D eigenvalue weighted by Gasteiger charge is 2.32. The molecule has 3 rings (SSSR count). The van der Waals surface area contributed by atoms with E-state index in [4.69, 9.17) is 4.42 Å². The molecule has 1 N–H and O–H groups in total. The SMILES string of the molecule is O=C(C[C@H]1S/C(=N/N=C\c2ccco2)NC1=O)c1ccccc1. The van der Waals surface area contributed by atoms with Crippen molar-refractivity contribution in [3.8, 4) is 0 Å². The summed E-state index contributed by atoms with van der Waals surface area (Å²) in [5, 5.41) is 10.3. The Balaban J connectivity index is 1.60. The third-order valence-electron chi connectivity index (χ3n) is 3.12. The van der Waals surface area contributed by atoms with Gasteiger partial charge in [0.15, 0.2) is 11.0 Å². The molecule has 1 aliphatic rings. The lowest BCUT2D eigenvalue weighted by Gasteiger charge is -2.04. The summed E-state index contributed by atoms with van der Waals surface area (Å²) in [6.45, 7) is 0. The summed E-state index contributed by atoms with van der Waals surface area (Å²) >= 11 is 1.20. The van der Waals surface area contributed by atoms with E-state index in [1.165, 1.54) is 24.2 Å². The minimum absolute atomic E-state index is 0.0708. The number of hydrogen-bond acceptors (Lipinski definition) is 6. The second-order valence-electron chi connectivity index (χ2n) is 4.75. The number of amidine groups is 1. The third-order valence-corrected chi connectivity index (χ3v) is 4.19. The number of carbonyl (C=O) groups is 2. The van der Waals surface area contributed by atoms with E-state index in [-0.39, 0.29) is 18.1 Å². The summed E-state index contributed by atoms with van der Waals surface area (Å²) in [7, 11) is 0. The van der Waals surface area contributed by atoms with Crippen LogP contribution in [0.1, 0.15) is 22.5 Å². The minimum Gasteiger partial charge on any atom is -0.463 e. The molecule has 1 fully saturated rings. The van der Waals surface area contributed by atoms with E-state index in [1.54, 1.807) is 36.4 Å². The first-order valence-corrected chi connectivity index (χ1v) is 7.80. The maximum absolute atomic E-state index is 12.1. The predicted molar refractivity (Wildman–Crippen MR) is 88.6 cm³/mol. The Labute approximate surface area is 136 Å². The van der Waals surface area contributed by atoms with Crippen LogP contribution in [0.25, 0.3) is 0 Å². The van der Waals surface area contributed by atoms with Gasteiger partial charge in [-0.15, -0.1) is 5.10 Å². The maximum atomic E-state index is 12.1. The highest BCUT2D eigenvalue weighted by molar-refractivity contribution is 8.15. The number of furan rings is 1. The Hall–Kier alpha value is -2.67. The fourth-order valence-electron chi connectivity index (χ4n) is 2.00. The molecule has 23 heavy (non-hydrogen) atoms. The molecule has 0 spiro atoms. The molecule has 7 heteroatoms. The Morgan fingerprint density at radius 2 is 2.09 bits per heavy atom. The Morgan fingerprint density at radius 1 is 1.26 bits per heavy atom. The van der Waals surface area contributed by atoms with Crippen molar-refractivity contribution in [1.29, 1.82) is 0 Å². The Morgan fingerprint density at radius 3 is 2.83 bits per heavy atom. The molecule has 1 amide bonds. The van der Waals surface area contributed by atoms with E-state index >= 15 is 0 Å². The quantitative estimate of drug-likeness (QED) is 0.519. The molecule has 0 bridgehead atoms. The van der Waals surface area contributed by atoms with Crippen molar-refractivity contribution >= 4 is 34.8 Å². The average Bonchev–Trinajstić information content (AvgIpc) is 3.19. The van der Waals surface area contributed by atoms with Crippen LogP contribution in [-0.4, -0.2) is 28.3 Å². The van der Waals surface area contributed by atoms with E-state index < -0.39 is 5.25 Å². The number of hydrogen-bond donors (Lipinski definition) is 1. The molecule has 1 saturated heterocycles. The smallest absolute Gasteiger partial charge is 0.240 e. The van der Waals surface area contributed by atoms with E-state index in [1.807, 2.05) is 6.07 Å². The fourth-order valence-corrected chi connectivity index (χ4v) is 2.92. The van der Waals surface area contributed by atoms with Crippen LogP contribution in [0.5, 0.6) is 0 Å². The number of thioether (sulfide) groups is 1. The first kappa shape index (κ1) is 15.2. The van der Waals surface area contributed by atoms with Gasteiger partial charge in [0.05, 0.1) is 17.7 Å². The minimum atomic E-state index is -0.486. The second kappa shape index (κ2) is 7.06. The van der Waals surface area contributed by atoms with Crippen LogP contribution >= 0.6 is 11.8 Å². The number of nitrogens with one attached hydrogen (secondary N) is 1. The molecule has 116 valence electrons. The predicted octanol–water partition coefficient (Wildman–Crippen LogP) is 2.47. The number of nitrogens with zero attached hydrogens (tertiary/aromatic N) is 2. The van der Waals surface area contributed by atoms with Gasteiger partial charge >= 0.3 is 0 Å². The molecule has 0 saturated carbocycles. The first-order valence-electron chi connectivity index (χ1n) is 6.92. The van der Waals surface area contributed by atoms with Gasteiger partial charge < -0.3 is 9.73 Å². The van der Waals surface area contributed by atoms with E-state index in [0.717, 1.165) is 0 Å². The number of ketones is 1. The van der Waals surface area contributed by atoms with Crippen molar-refractivity contribution in [3.63, 3.8) is 0 Å². The van der Waals surface area contributed by atoms with Gasteiger partial charge in [-0.05, 0) is 12.1 Å². The van der Waals surface area contributed by atoms with E-state index in [0.29, 0.717) is 16.5 Å². The molecular formula is C16H13N3O3S. The van der Waals surface area contributed by atoms with E-state index in [9.17, 15) is 9.59 Å². The van der Waals surface area contributed by atoms with Crippen molar-refractivity contribution in [2.24, 2.45) is 10.2 Å². The van der Waals surface area contributed by atoms with Crippen molar-refractivity contribution in [2.45, 2.75) is 11.7 Å². The number of benzene rings is 1. The molecule has 0 radical (unpaired) electrons. The second-order valence-corrected chi connectivity index (χ2v) is 5.95. The summed E-state index contributed by atoms with van der Waals surface area (Å²) in [6.07, 6.45) is 3.11. The molecule has 1 atom stereocenters. The molecule has 1 aliphatic heterocycles. The number of rotatable bonds is 5. The van der Waals surface area contributed by atoms with Gasteiger partial charge in [0, 0.05) is 12.0 Å². The van der Waals surface area contributed by atoms with Crippen molar-refractivity contribution in [3.05, 3.63) is 60.1 Å². The number of Topliss-reactive ketones (excluding diaryl/α,β-unsaturated/α-hetero) is 1. The highest BCUT2D eigenvalue weighted by atomic mass is 32.2. The van der Waals surface area contributed by atoms with Crippen molar-refractivity contribution in [1.82, 2.24) is 5.32 Å². The van der Waals surface area contributed by atoms with Crippen LogP contribution in [0.4, 0.5) is 0 Å². The van der Waals surface area contributed by atoms with Gasteiger partial charge in [-0.25, -0.2) is 0 Å². The summed E-state index contributed by atoms with van der Waals surface area (Å²) < 4.78 is 5.08. The molecule has 6 nitrogen and oxygen atoms in total. The lowest BCUT2D eigenvalue weighted by Crippen LogP contribution is -2.26. The summed E-state index contributed by atoms with van der Waals surface area (Å²) in [4.78, 5) is 24.1. The molecular weight excluding hydrogens is 314 g/mol. The zero-order chi connectivity index (χ0) is 16.1. The van der Waals surface area contributed by atoms with Gasteiger partial charge in [0.25, 0.3) is 0 Å². The first-order chi connectivity index (χ1) is 11.2. The fraction of sp³-hybridized carbons (Fsp3) is 0.125. The molecule has 0 unspecified atom stereocenters. The number of amides is 1. The highest BCUT2D eigenvalue weighted by Crippen LogP contribution is 2.24. The maximum Gasteiger partial charge on any atom is 0.240 e. The van der Waals surface area contributed by atoms with Crippen LogP contribution in [-0.2, 0) is 4.79 Å². The molecule has 1 aromatic heterocycles. The molecule has 0 aliphatic carbocycles. The van der Waals surface area contributed by atoms with Gasteiger partial charge in [0.2, 0.25) is 5.91 Å². The van der Waals surface area contributed by atoms with Crippen LogP contribution in [0.15, 0.2) is 63.3 Å². The summed E-state index contributed by atoms with van der Waals surface area (Å²) in [5.74, 6) is 0.268. The van der Waals surface area contributed by atoms with Crippen molar-refractivity contribution in [2.75, 3.05) is 0 Å². The zero-order valence-corrected chi connectivity index (χ0v) is 12.8. The molecule has 2 heterocycles. The topological polar surface area (TPSA) is 84.0 Å². The normalized spacial score (nSPS) is 19.4. The van der Waals surface area contributed by atoms with Crippen LogP contribution in [0.2, 0.25) is 0 Å². The largest absolute Gasteiger partial charge is 0.463 e. The van der Waals surface area contributed by atoms with Crippen LogP contribution in [0, 0.1) is 0 Å². The zero-order valence-electron chi connectivity index (χ0n) is 12.0. The van der Waals surface area contributed by atoms with Crippen molar-refractivity contribution < 1.29 is 14.0 Å². The Bertz CT molecular complexity index is 754. The van der Waals surface area contributed by atoms with Gasteiger partial charge in [-0.1, -0.05) is 42.1 Å². The Kier molecular flexibility index (Phi) is 4.68. The van der Waals surface area contributed by atoms with Gasteiger partial charge in [-0.3, -0.25) is 9.59 Å². The molecule has 1 aromatic carbocycles. The van der Waals surface area contributed by atoms with Gasteiger partial charge in [-0.2, -0.15) is 5.10 Å². The van der Waals surface area contributed by atoms with Crippen LogP contribution in [0.3, 0.4) is 0 Å². The lowest BCUT2D eigenvalue weighted by molar-refractivity contribution is -0.118.